The Kier molecular flexibility index (Phi) is 7.58. The zero-order valence-electron chi connectivity index (χ0n) is 8.97. The van der Waals surface area contributed by atoms with E-state index in [-0.39, 0.29) is 0 Å². The molecule has 0 saturated heterocycles. The van der Waals surface area contributed by atoms with E-state index in [1.807, 2.05) is 0 Å². The molecule has 0 radical (unpaired) electrons. The van der Waals surface area contributed by atoms with Gasteiger partial charge in [0.2, 0.25) is 0 Å². The fraction of sp³-hybridized carbons (Fsp3) is 1.00. The Morgan fingerprint density at radius 3 is 2.17 bits per heavy atom. The Labute approximate surface area is 77.7 Å². The Bertz CT molecular complexity index is 89.0. The summed E-state index contributed by atoms with van der Waals surface area (Å²) in [4.78, 5) is 0. The molecule has 12 heavy (non-hydrogen) atoms. The maximum absolute atomic E-state index is 5.44. The summed E-state index contributed by atoms with van der Waals surface area (Å²) < 4.78 is 0. The minimum Gasteiger partial charge on any atom is -0.330 e. The molecular weight excluding hydrogens is 146 g/mol. The van der Waals surface area contributed by atoms with Gasteiger partial charge < -0.3 is 5.73 Å². The van der Waals surface area contributed by atoms with Crippen LogP contribution in [0.4, 0.5) is 0 Å². The third-order valence-electron chi connectivity index (χ3n) is 2.75. The molecule has 1 nitrogen and oxygen atoms in total. The average molecular weight is 171 g/mol. The predicted octanol–water partition coefficient (Wildman–Crippen LogP) is 3.19. The van der Waals surface area contributed by atoms with Crippen molar-refractivity contribution in [3.63, 3.8) is 0 Å². The van der Waals surface area contributed by atoms with Crippen LogP contribution in [0, 0.1) is 11.8 Å². The molecule has 0 aliphatic rings. The van der Waals surface area contributed by atoms with Gasteiger partial charge in [-0.1, -0.05) is 46.5 Å². The van der Waals surface area contributed by atoms with Crippen LogP contribution < -0.4 is 5.73 Å². The molecule has 0 fully saturated rings. The van der Waals surface area contributed by atoms with Crippen molar-refractivity contribution in [2.24, 2.45) is 17.6 Å². The molecule has 1 heteroatoms. The summed E-state index contributed by atoms with van der Waals surface area (Å²) >= 11 is 0. The van der Waals surface area contributed by atoms with Gasteiger partial charge in [-0.3, -0.25) is 0 Å². The van der Waals surface area contributed by atoms with Crippen molar-refractivity contribution in [1.82, 2.24) is 0 Å². The molecule has 0 heterocycles. The van der Waals surface area contributed by atoms with Crippen molar-refractivity contribution in [2.75, 3.05) is 6.54 Å². The normalized spacial score (nSPS) is 13.8. The Morgan fingerprint density at radius 1 is 1.08 bits per heavy atom. The fourth-order valence-corrected chi connectivity index (χ4v) is 1.74. The van der Waals surface area contributed by atoms with Gasteiger partial charge in [-0.25, -0.2) is 0 Å². The second kappa shape index (κ2) is 7.60. The van der Waals surface area contributed by atoms with E-state index in [4.69, 9.17) is 5.73 Å². The van der Waals surface area contributed by atoms with E-state index in [1.165, 1.54) is 32.1 Å². The van der Waals surface area contributed by atoms with Gasteiger partial charge >= 0.3 is 0 Å². The molecule has 74 valence electrons. The van der Waals surface area contributed by atoms with Crippen molar-refractivity contribution >= 4 is 0 Å². The summed E-state index contributed by atoms with van der Waals surface area (Å²) in [5.74, 6) is 1.79. The molecule has 0 spiro atoms. The summed E-state index contributed by atoms with van der Waals surface area (Å²) in [5, 5.41) is 0. The molecule has 0 amide bonds. The third-order valence-corrected chi connectivity index (χ3v) is 2.75. The van der Waals surface area contributed by atoms with Crippen LogP contribution in [0.15, 0.2) is 0 Å². The summed E-state index contributed by atoms with van der Waals surface area (Å²) in [7, 11) is 0. The van der Waals surface area contributed by atoms with E-state index >= 15 is 0 Å². The highest BCUT2D eigenvalue weighted by Gasteiger charge is 2.09. The molecular formula is C11H25N. The quantitative estimate of drug-likeness (QED) is 0.585. The van der Waals surface area contributed by atoms with E-state index < -0.39 is 0 Å². The number of nitrogens with two attached hydrogens (primary N) is 1. The lowest BCUT2D eigenvalue weighted by Gasteiger charge is -2.18. The van der Waals surface area contributed by atoms with Crippen LogP contribution in [0.3, 0.4) is 0 Å². The first kappa shape index (κ1) is 12.0. The number of hydrogen-bond donors (Lipinski definition) is 1. The molecule has 1 unspecified atom stereocenters. The van der Waals surface area contributed by atoms with E-state index in [1.54, 1.807) is 0 Å². The van der Waals surface area contributed by atoms with Crippen LogP contribution in [-0.4, -0.2) is 6.54 Å². The highest BCUT2D eigenvalue weighted by atomic mass is 14.5. The zero-order chi connectivity index (χ0) is 9.40. The largest absolute Gasteiger partial charge is 0.330 e. The maximum atomic E-state index is 5.44. The highest BCUT2D eigenvalue weighted by Crippen LogP contribution is 2.21. The summed E-state index contributed by atoms with van der Waals surface area (Å²) in [5.41, 5.74) is 5.44. The van der Waals surface area contributed by atoms with Gasteiger partial charge in [-0.2, -0.15) is 0 Å². The summed E-state index contributed by atoms with van der Waals surface area (Å²) in [6.07, 6.45) is 6.62. The van der Waals surface area contributed by atoms with Crippen LogP contribution in [0.25, 0.3) is 0 Å². The molecule has 1 atom stereocenters. The third kappa shape index (κ3) is 5.59. The molecule has 0 aromatic rings. The first-order valence-corrected chi connectivity index (χ1v) is 5.42. The highest BCUT2D eigenvalue weighted by molar-refractivity contribution is 4.61. The Hall–Kier alpha value is -0.0400. The molecule has 0 bridgehead atoms. The topological polar surface area (TPSA) is 26.0 Å². The second-order valence-electron chi connectivity index (χ2n) is 4.05. The SMILES string of the molecule is CCC(CCCCCN)C(C)C. The zero-order valence-corrected chi connectivity index (χ0v) is 8.97. The number of unbranched alkanes of at least 4 members (excludes halogenated alkanes) is 2. The molecule has 0 aliphatic carbocycles. The van der Waals surface area contributed by atoms with Crippen molar-refractivity contribution in [1.29, 1.82) is 0 Å². The maximum Gasteiger partial charge on any atom is -0.00773 e. The molecule has 0 aromatic carbocycles. The number of rotatable bonds is 7. The number of hydrogen-bond acceptors (Lipinski definition) is 1. The van der Waals surface area contributed by atoms with Crippen molar-refractivity contribution < 1.29 is 0 Å². The first-order chi connectivity index (χ1) is 5.72. The van der Waals surface area contributed by atoms with Gasteiger partial charge in [0, 0.05) is 0 Å². The van der Waals surface area contributed by atoms with E-state index in [2.05, 4.69) is 20.8 Å². The molecule has 0 aromatic heterocycles. The minimum absolute atomic E-state index is 0.855. The van der Waals surface area contributed by atoms with E-state index in [9.17, 15) is 0 Å². The lowest BCUT2D eigenvalue weighted by molar-refractivity contribution is 0.336. The standard InChI is InChI=1S/C11H25N/c1-4-11(10(2)3)8-6-5-7-9-12/h10-11H,4-9,12H2,1-3H3. The fourth-order valence-electron chi connectivity index (χ4n) is 1.74. The molecule has 0 saturated carbocycles. The smallest absolute Gasteiger partial charge is 0.00773 e. The van der Waals surface area contributed by atoms with Crippen LogP contribution in [-0.2, 0) is 0 Å². The molecule has 0 aliphatic heterocycles. The lowest BCUT2D eigenvalue weighted by atomic mass is 9.88. The van der Waals surface area contributed by atoms with Gasteiger partial charge in [-0.05, 0) is 24.8 Å². The predicted molar refractivity (Wildman–Crippen MR) is 56.1 cm³/mol. The minimum atomic E-state index is 0.855. The molecule has 0 rings (SSSR count). The first-order valence-electron chi connectivity index (χ1n) is 5.42. The van der Waals surface area contributed by atoms with Gasteiger partial charge in [0.15, 0.2) is 0 Å². The van der Waals surface area contributed by atoms with Crippen molar-refractivity contribution in [3.8, 4) is 0 Å². The van der Waals surface area contributed by atoms with E-state index in [0.29, 0.717) is 0 Å². The summed E-state index contributed by atoms with van der Waals surface area (Å²) in [6, 6.07) is 0. The van der Waals surface area contributed by atoms with E-state index in [0.717, 1.165) is 18.4 Å². The van der Waals surface area contributed by atoms with Crippen molar-refractivity contribution in [2.45, 2.75) is 52.9 Å². The van der Waals surface area contributed by atoms with Crippen LogP contribution in [0.5, 0.6) is 0 Å². The second-order valence-corrected chi connectivity index (χ2v) is 4.05. The van der Waals surface area contributed by atoms with Crippen molar-refractivity contribution in [3.05, 3.63) is 0 Å². The van der Waals surface area contributed by atoms with Gasteiger partial charge in [-0.15, -0.1) is 0 Å². The van der Waals surface area contributed by atoms with Crippen LogP contribution in [0.2, 0.25) is 0 Å². The van der Waals surface area contributed by atoms with Crippen LogP contribution >= 0.6 is 0 Å². The van der Waals surface area contributed by atoms with Gasteiger partial charge in [0.1, 0.15) is 0 Å². The monoisotopic (exact) mass is 171 g/mol. The summed E-state index contributed by atoms with van der Waals surface area (Å²) in [6.45, 7) is 7.82. The average Bonchev–Trinajstić information content (AvgIpc) is 2.04. The van der Waals surface area contributed by atoms with Gasteiger partial charge in [0.25, 0.3) is 0 Å². The Balaban J connectivity index is 3.32. The molecule has 2 N–H and O–H groups in total. The lowest BCUT2D eigenvalue weighted by Crippen LogP contribution is -2.07. The van der Waals surface area contributed by atoms with Gasteiger partial charge in [0.05, 0.1) is 0 Å². The van der Waals surface area contributed by atoms with Crippen LogP contribution in [0.1, 0.15) is 52.9 Å². The Morgan fingerprint density at radius 2 is 1.75 bits per heavy atom.